The maximum absolute atomic E-state index is 12.4. The van der Waals surface area contributed by atoms with Gasteiger partial charge in [-0.05, 0) is 13.8 Å². The lowest BCUT2D eigenvalue weighted by Crippen LogP contribution is -2.14. The summed E-state index contributed by atoms with van der Waals surface area (Å²) in [5.74, 6) is 1.19. The van der Waals surface area contributed by atoms with Crippen molar-refractivity contribution < 1.29 is 18.7 Å². The molecule has 0 aliphatic heterocycles. The van der Waals surface area contributed by atoms with Crippen LogP contribution in [0.3, 0.4) is 0 Å². The molecule has 0 spiro atoms. The third-order valence-electron chi connectivity index (χ3n) is 3.11. The third-order valence-corrected chi connectivity index (χ3v) is 3.40. The topological polar surface area (TPSA) is 60.7 Å². The van der Waals surface area contributed by atoms with Gasteiger partial charge in [-0.1, -0.05) is 11.6 Å². The van der Waals surface area contributed by atoms with Crippen LogP contribution in [0.15, 0.2) is 22.8 Å². The predicted octanol–water partition coefficient (Wildman–Crippen LogP) is 3.82. The molecule has 1 amide bonds. The normalized spacial score (nSPS) is 10.3. The van der Waals surface area contributed by atoms with Crippen LogP contribution in [0.2, 0.25) is 5.02 Å². The quantitative estimate of drug-likeness (QED) is 0.932. The molecule has 0 saturated heterocycles. The molecular formula is C15H16ClNO4. The van der Waals surface area contributed by atoms with Gasteiger partial charge in [-0.2, -0.15) is 0 Å². The van der Waals surface area contributed by atoms with Crippen molar-refractivity contribution >= 4 is 23.2 Å². The predicted molar refractivity (Wildman–Crippen MR) is 80.7 cm³/mol. The first-order valence-electron chi connectivity index (χ1n) is 6.25. The van der Waals surface area contributed by atoms with E-state index >= 15 is 0 Å². The molecule has 0 bridgehead atoms. The molecule has 0 radical (unpaired) electrons. The van der Waals surface area contributed by atoms with Crippen LogP contribution in [-0.2, 0) is 0 Å². The zero-order valence-electron chi connectivity index (χ0n) is 12.2. The fourth-order valence-electron chi connectivity index (χ4n) is 2.05. The molecule has 1 aromatic heterocycles. The fourth-order valence-corrected chi connectivity index (χ4v) is 2.29. The summed E-state index contributed by atoms with van der Waals surface area (Å²) >= 11 is 6.03. The number of anilines is 1. The number of methoxy groups -OCH3 is 2. The summed E-state index contributed by atoms with van der Waals surface area (Å²) in [6.07, 6.45) is 1.55. The maximum Gasteiger partial charge on any atom is 0.259 e. The van der Waals surface area contributed by atoms with Crippen molar-refractivity contribution in [2.75, 3.05) is 19.5 Å². The molecule has 0 aliphatic rings. The number of amides is 1. The third kappa shape index (κ3) is 2.97. The molecule has 2 rings (SSSR count). The molecule has 0 atom stereocenters. The molecule has 1 aromatic carbocycles. The lowest BCUT2D eigenvalue weighted by atomic mass is 10.1. The van der Waals surface area contributed by atoms with Crippen molar-refractivity contribution in [3.63, 3.8) is 0 Å². The summed E-state index contributed by atoms with van der Waals surface area (Å²) in [5.41, 5.74) is 1.75. The Kier molecular flexibility index (Phi) is 4.43. The van der Waals surface area contributed by atoms with Gasteiger partial charge >= 0.3 is 0 Å². The number of carbonyl (C=O) groups is 1. The average molecular weight is 310 g/mol. The molecule has 5 nitrogen and oxygen atoms in total. The van der Waals surface area contributed by atoms with E-state index in [4.69, 9.17) is 25.5 Å². The molecule has 112 valence electrons. The smallest absolute Gasteiger partial charge is 0.259 e. The van der Waals surface area contributed by atoms with E-state index in [2.05, 4.69) is 5.32 Å². The van der Waals surface area contributed by atoms with E-state index in [1.807, 2.05) is 6.92 Å². The van der Waals surface area contributed by atoms with Gasteiger partial charge in [0.25, 0.3) is 5.91 Å². The average Bonchev–Trinajstić information content (AvgIpc) is 2.79. The highest BCUT2D eigenvalue weighted by Crippen LogP contribution is 2.36. The fraction of sp³-hybridized carbons (Fsp3) is 0.267. The number of rotatable bonds is 4. The summed E-state index contributed by atoms with van der Waals surface area (Å²) in [7, 11) is 3.01. The number of benzene rings is 1. The Morgan fingerprint density at radius 2 is 1.86 bits per heavy atom. The van der Waals surface area contributed by atoms with E-state index < -0.39 is 0 Å². The van der Waals surface area contributed by atoms with Crippen LogP contribution < -0.4 is 14.8 Å². The largest absolute Gasteiger partial charge is 0.495 e. The number of ether oxygens (including phenoxy) is 2. The maximum atomic E-state index is 12.4. The van der Waals surface area contributed by atoms with Gasteiger partial charge in [-0.25, -0.2) is 0 Å². The minimum atomic E-state index is -0.276. The van der Waals surface area contributed by atoms with Crippen molar-refractivity contribution in [2.24, 2.45) is 0 Å². The lowest BCUT2D eigenvalue weighted by molar-refractivity contribution is 0.102. The van der Waals surface area contributed by atoms with Crippen LogP contribution >= 0.6 is 11.6 Å². The van der Waals surface area contributed by atoms with Gasteiger partial charge in [0.1, 0.15) is 17.3 Å². The molecule has 0 saturated carbocycles. The molecule has 0 unspecified atom stereocenters. The van der Waals surface area contributed by atoms with Crippen molar-refractivity contribution in [1.29, 1.82) is 0 Å². The van der Waals surface area contributed by atoms with Crippen LogP contribution in [0.25, 0.3) is 0 Å². The highest BCUT2D eigenvalue weighted by molar-refractivity contribution is 6.32. The molecule has 6 heteroatoms. The molecule has 0 fully saturated rings. The first-order valence-corrected chi connectivity index (χ1v) is 6.63. The summed E-state index contributed by atoms with van der Waals surface area (Å²) in [4.78, 5) is 12.4. The second-order valence-electron chi connectivity index (χ2n) is 4.49. The summed E-state index contributed by atoms with van der Waals surface area (Å²) in [6.45, 7) is 3.55. The van der Waals surface area contributed by atoms with E-state index in [9.17, 15) is 4.79 Å². The lowest BCUT2D eigenvalue weighted by Gasteiger charge is -2.13. The van der Waals surface area contributed by atoms with Crippen LogP contribution in [0, 0.1) is 13.8 Å². The van der Waals surface area contributed by atoms with Gasteiger partial charge in [0.15, 0.2) is 0 Å². The van der Waals surface area contributed by atoms with Crippen molar-refractivity contribution in [2.45, 2.75) is 13.8 Å². The number of aryl methyl sites for hydroxylation is 2. The first-order chi connectivity index (χ1) is 9.97. The minimum absolute atomic E-state index is 0.276. The Balaban J connectivity index is 2.37. The number of furan rings is 1. The number of carbonyl (C=O) groups excluding carboxylic acids is 1. The number of halogens is 1. The van der Waals surface area contributed by atoms with Gasteiger partial charge in [-0.3, -0.25) is 4.79 Å². The van der Waals surface area contributed by atoms with Crippen LogP contribution in [0.4, 0.5) is 5.69 Å². The molecule has 1 heterocycles. The first kappa shape index (κ1) is 15.3. The second kappa shape index (κ2) is 6.10. The van der Waals surface area contributed by atoms with E-state index in [1.54, 1.807) is 25.3 Å². The van der Waals surface area contributed by atoms with Gasteiger partial charge in [0.2, 0.25) is 0 Å². The molecular weight excluding hydrogens is 294 g/mol. The Labute approximate surface area is 127 Å². The number of hydrogen-bond acceptors (Lipinski definition) is 4. The molecule has 0 aliphatic carbocycles. The summed E-state index contributed by atoms with van der Waals surface area (Å²) in [6, 6.07) is 3.20. The second-order valence-corrected chi connectivity index (χ2v) is 4.90. The monoisotopic (exact) mass is 309 g/mol. The Hall–Kier alpha value is -2.14. The van der Waals surface area contributed by atoms with Gasteiger partial charge in [-0.15, -0.1) is 0 Å². The SMILES string of the molecule is COc1cc(NC(=O)c2c(C)coc2C)c(OC)cc1Cl. The summed E-state index contributed by atoms with van der Waals surface area (Å²) < 4.78 is 15.6. The summed E-state index contributed by atoms with van der Waals surface area (Å²) in [5, 5.41) is 3.19. The van der Waals surface area contributed by atoms with Crippen LogP contribution in [-0.4, -0.2) is 20.1 Å². The zero-order valence-corrected chi connectivity index (χ0v) is 13.0. The van der Waals surface area contributed by atoms with Crippen LogP contribution in [0.5, 0.6) is 11.5 Å². The van der Waals surface area contributed by atoms with Gasteiger partial charge in [0, 0.05) is 17.7 Å². The van der Waals surface area contributed by atoms with E-state index in [1.165, 1.54) is 14.2 Å². The van der Waals surface area contributed by atoms with E-state index in [0.29, 0.717) is 33.5 Å². The minimum Gasteiger partial charge on any atom is -0.495 e. The zero-order chi connectivity index (χ0) is 15.6. The Morgan fingerprint density at radius 3 is 2.38 bits per heavy atom. The van der Waals surface area contributed by atoms with Gasteiger partial charge < -0.3 is 19.2 Å². The van der Waals surface area contributed by atoms with Gasteiger partial charge in [0.05, 0.1) is 36.8 Å². The van der Waals surface area contributed by atoms with E-state index in [-0.39, 0.29) is 5.91 Å². The standard InChI is InChI=1S/C15H16ClNO4/c1-8-7-21-9(2)14(8)15(18)17-11-6-12(19-3)10(16)5-13(11)20-4/h5-7H,1-4H3,(H,17,18). The Bertz CT molecular complexity index is 659. The molecule has 21 heavy (non-hydrogen) atoms. The Morgan fingerprint density at radius 1 is 1.19 bits per heavy atom. The highest BCUT2D eigenvalue weighted by atomic mass is 35.5. The molecule has 2 aromatic rings. The highest BCUT2D eigenvalue weighted by Gasteiger charge is 2.18. The van der Waals surface area contributed by atoms with E-state index in [0.717, 1.165) is 5.56 Å². The van der Waals surface area contributed by atoms with Crippen LogP contribution in [0.1, 0.15) is 21.7 Å². The number of hydrogen-bond donors (Lipinski definition) is 1. The van der Waals surface area contributed by atoms with Crippen molar-refractivity contribution in [1.82, 2.24) is 0 Å². The van der Waals surface area contributed by atoms with Crippen molar-refractivity contribution in [3.8, 4) is 11.5 Å². The van der Waals surface area contributed by atoms with Crippen molar-refractivity contribution in [3.05, 3.63) is 40.3 Å². The molecule has 1 N–H and O–H groups in total. The number of nitrogens with one attached hydrogen (secondary N) is 1.